The molecule has 0 atom stereocenters. The number of para-hydroxylation sites is 1. The van der Waals surface area contributed by atoms with Gasteiger partial charge in [-0.05, 0) is 37.6 Å². The van der Waals surface area contributed by atoms with Gasteiger partial charge in [0.15, 0.2) is 10.8 Å². The zero-order valence-electron chi connectivity index (χ0n) is 15.2. The maximum Gasteiger partial charge on any atom is 0.276 e. The first-order chi connectivity index (χ1) is 13.5. The Bertz CT molecular complexity index is 1160. The van der Waals surface area contributed by atoms with Gasteiger partial charge in [-0.2, -0.15) is 0 Å². The Morgan fingerprint density at radius 1 is 1.04 bits per heavy atom. The molecule has 0 bridgehead atoms. The molecule has 3 N–H and O–H groups in total. The highest BCUT2D eigenvalue weighted by molar-refractivity contribution is 7.22. The van der Waals surface area contributed by atoms with Crippen molar-refractivity contribution in [2.75, 3.05) is 10.6 Å². The van der Waals surface area contributed by atoms with Crippen LogP contribution in [-0.2, 0) is 0 Å². The normalized spacial score (nSPS) is 10.8. The lowest BCUT2D eigenvalue weighted by Crippen LogP contribution is -2.20. The molecule has 7 nitrogen and oxygen atoms in total. The molecule has 0 aliphatic rings. The molecule has 8 heteroatoms. The quantitative estimate of drug-likeness (QED) is 0.487. The molecular weight excluding hydrogens is 374 g/mol. The predicted molar refractivity (Wildman–Crippen MR) is 110 cm³/mol. The molecule has 0 unspecified atom stereocenters. The number of aryl methyl sites for hydroxylation is 2. The average Bonchev–Trinajstić information content (AvgIpc) is 3.30. The van der Waals surface area contributed by atoms with Crippen molar-refractivity contribution >= 4 is 44.2 Å². The number of amides is 2. The van der Waals surface area contributed by atoms with Gasteiger partial charge in [0.2, 0.25) is 0 Å². The molecule has 2 heterocycles. The fourth-order valence-corrected chi connectivity index (χ4v) is 3.72. The fraction of sp³-hybridized carbons (Fsp3) is 0.100. The topological polar surface area (TPSA) is 99.8 Å². The monoisotopic (exact) mass is 391 g/mol. The summed E-state index contributed by atoms with van der Waals surface area (Å²) >= 11 is 1.37. The summed E-state index contributed by atoms with van der Waals surface area (Å²) in [6, 6.07) is 13.3. The molecule has 28 heavy (non-hydrogen) atoms. The van der Waals surface area contributed by atoms with Gasteiger partial charge >= 0.3 is 0 Å². The second kappa shape index (κ2) is 7.24. The third-order valence-electron chi connectivity index (χ3n) is 4.23. The van der Waals surface area contributed by atoms with Crippen molar-refractivity contribution in [2.45, 2.75) is 13.8 Å². The van der Waals surface area contributed by atoms with E-state index in [1.54, 1.807) is 0 Å². The summed E-state index contributed by atoms with van der Waals surface area (Å²) in [7, 11) is 0. The van der Waals surface area contributed by atoms with Crippen LogP contribution >= 0.6 is 11.3 Å². The molecule has 0 saturated carbocycles. The molecule has 0 fully saturated rings. The zero-order valence-corrected chi connectivity index (χ0v) is 16.1. The molecule has 4 rings (SSSR count). The number of H-pyrrole nitrogens is 1. The van der Waals surface area contributed by atoms with Crippen LogP contribution in [0.25, 0.3) is 10.2 Å². The van der Waals surface area contributed by atoms with Crippen molar-refractivity contribution in [3.05, 3.63) is 71.3 Å². The van der Waals surface area contributed by atoms with E-state index < -0.39 is 11.8 Å². The van der Waals surface area contributed by atoms with Crippen LogP contribution in [0.2, 0.25) is 0 Å². The van der Waals surface area contributed by atoms with Gasteiger partial charge in [-0.1, -0.05) is 41.2 Å². The SMILES string of the molecule is Cc1ccc(NC(=O)c2nc[nH]c2C(=O)Nc2nc3ccccc3s2)c(C)c1. The van der Waals surface area contributed by atoms with E-state index in [9.17, 15) is 9.59 Å². The summed E-state index contributed by atoms with van der Waals surface area (Å²) in [5, 5.41) is 5.99. The number of anilines is 2. The second-order valence-electron chi connectivity index (χ2n) is 6.34. The average molecular weight is 391 g/mol. The van der Waals surface area contributed by atoms with Gasteiger partial charge in [0.1, 0.15) is 5.69 Å². The fourth-order valence-electron chi connectivity index (χ4n) is 2.86. The summed E-state index contributed by atoms with van der Waals surface area (Å²) in [6.07, 6.45) is 1.32. The lowest BCUT2D eigenvalue weighted by molar-refractivity contribution is 0.0985. The third kappa shape index (κ3) is 3.49. The lowest BCUT2D eigenvalue weighted by atomic mass is 10.1. The van der Waals surface area contributed by atoms with Crippen molar-refractivity contribution in [3.8, 4) is 0 Å². The number of aromatic amines is 1. The van der Waals surface area contributed by atoms with E-state index in [0.717, 1.165) is 21.3 Å². The minimum atomic E-state index is -0.470. The molecular formula is C20H17N5O2S. The van der Waals surface area contributed by atoms with Crippen molar-refractivity contribution in [2.24, 2.45) is 0 Å². The number of nitrogens with one attached hydrogen (secondary N) is 3. The Hall–Kier alpha value is -3.52. The molecule has 2 aromatic heterocycles. The first-order valence-corrected chi connectivity index (χ1v) is 9.42. The van der Waals surface area contributed by atoms with Crippen LogP contribution in [-0.4, -0.2) is 26.8 Å². The van der Waals surface area contributed by atoms with Crippen molar-refractivity contribution < 1.29 is 9.59 Å². The lowest BCUT2D eigenvalue weighted by Gasteiger charge is -2.09. The molecule has 0 spiro atoms. The number of thiazole rings is 1. The number of rotatable bonds is 4. The first-order valence-electron chi connectivity index (χ1n) is 8.60. The standard InChI is InChI=1S/C20H17N5O2S/c1-11-7-8-13(12(2)9-11)23-18(26)16-17(22-10-21-16)19(27)25-20-24-14-5-3-4-6-15(14)28-20/h3-10H,1-2H3,(H,21,22)(H,23,26)(H,24,25,27). The number of hydrogen-bond acceptors (Lipinski definition) is 5. The molecule has 0 aliphatic heterocycles. The van der Waals surface area contributed by atoms with E-state index in [-0.39, 0.29) is 11.4 Å². The predicted octanol–water partition coefficient (Wildman–Crippen LogP) is 4.14. The zero-order chi connectivity index (χ0) is 19.7. The Labute approximate surface area is 164 Å². The Morgan fingerprint density at radius 2 is 1.86 bits per heavy atom. The minimum Gasteiger partial charge on any atom is -0.340 e. The summed E-state index contributed by atoms with van der Waals surface area (Å²) in [4.78, 5) is 36.4. The van der Waals surface area contributed by atoms with E-state index in [0.29, 0.717) is 10.8 Å². The smallest absolute Gasteiger partial charge is 0.276 e. The summed E-state index contributed by atoms with van der Waals surface area (Å²) < 4.78 is 0.968. The molecule has 0 aliphatic carbocycles. The van der Waals surface area contributed by atoms with E-state index in [1.165, 1.54) is 17.7 Å². The second-order valence-corrected chi connectivity index (χ2v) is 7.37. The number of carbonyl (C=O) groups is 2. The highest BCUT2D eigenvalue weighted by Gasteiger charge is 2.22. The summed E-state index contributed by atoms with van der Waals surface area (Å²) in [5.74, 6) is -0.926. The number of benzene rings is 2. The van der Waals surface area contributed by atoms with Crippen LogP contribution in [0.15, 0.2) is 48.8 Å². The maximum absolute atomic E-state index is 12.6. The van der Waals surface area contributed by atoms with Crippen LogP contribution < -0.4 is 10.6 Å². The number of imidazole rings is 1. The van der Waals surface area contributed by atoms with Gasteiger partial charge in [0, 0.05) is 5.69 Å². The van der Waals surface area contributed by atoms with Gasteiger partial charge in [0.05, 0.1) is 16.5 Å². The van der Waals surface area contributed by atoms with Crippen molar-refractivity contribution in [1.82, 2.24) is 15.0 Å². The Balaban J connectivity index is 1.54. The maximum atomic E-state index is 12.6. The van der Waals surface area contributed by atoms with E-state index >= 15 is 0 Å². The number of fused-ring (bicyclic) bond motifs is 1. The van der Waals surface area contributed by atoms with Crippen LogP contribution in [0.4, 0.5) is 10.8 Å². The van der Waals surface area contributed by atoms with Crippen molar-refractivity contribution in [3.63, 3.8) is 0 Å². The molecule has 2 aromatic carbocycles. The summed E-state index contributed by atoms with van der Waals surface area (Å²) in [5.41, 5.74) is 3.63. The van der Waals surface area contributed by atoms with Crippen LogP contribution in [0, 0.1) is 13.8 Å². The number of nitrogens with zero attached hydrogens (tertiary/aromatic N) is 2. The molecule has 4 aromatic rings. The van der Waals surface area contributed by atoms with Gasteiger partial charge in [-0.3, -0.25) is 14.9 Å². The highest BCUT2D eigenvalue weighted by Crippen LogP contribution is 2.26. The molecule has 0 saturated heterocycles. The summed E-state index contributed by atoms with van der Waals surface area (Å²) in [6.45, 7) is 3.89. The van der Waals surface area contributed by atoms with Crippen molar-refractivity contribution in [1.29, 1.82) is 0 Å². The Kier molecular flexibility index (Phi) is 4.62. The van der Waals surface area contributed by atoms with Gasteiger partial charge < -0.3 is 10.3 Å². The van der Waals surface area contributed by atoms with E-state index in [4.69, 9.17) is 0 Å². The van der Waals surface area contributed by atoms with Crippen LogP contribution in [0.1, 0.15) is 32.1 Å². The number of hydrogen-bond donors (Lipinski definition) is 3. The molecule has 2 amide bonds. The number of carbonyl (C=O) groups excluding carboxylic acids is 2. The minimum absolute atomic E-state index is 0.0265. The third-order valence-corrected chi connectivity index (χ3v) is 5.18. The van der Waals surface area contributed by atoms with Gasteiger partial charge in [0.25, 0.3) is 11.8 Å². The number of aromatic nitrogens is 3. The molecule has 0 radical (unpaired) electrons. The first kappa shape index (κ1) is 17.9. The van der Waals surface area contributed by atoms with E-state index in [1.807, 2.05) is 56.3 Å². The van der Waals surface area contributed by atoms with Crippen LogP contribution in [0.5, 0.6) is 0 Å². The van der Waals surface area contributed by atoms with Gasteiger partial charge in [-0.25, -0.2) is 9.97 Å². The molecule has 140 valence electrons. The van der Waals surface area contributed by atoms with Crippen LogP contribution in [0.3, 0.4) is 0 Å². The van der Waals surface area contributed by atoms with E-state index in [2.05, 4.69) is 25.6 Å². The Morgan fingerprint density at radius 3 is 2.64 bits per heavy atom. The van der Waals surface area contributed by atoms with Gasteiger partial charge in [-0.15, -0.1) is 0 Å². The highest BCUT2D eigenvalue weighted by atomic mass is 32.1. The largest absolute Gasteiger partial charge is 0.340 e.